The number of rotatable bonds is 3. The molecule has 3 aromatic rings. The Kier molecular flexibility index (Phi) is 4.88. The van der Waals surface area contributed by atoms with Crippen LogP contribution in [0.2, 0.25) is 0 Å². The Morgan fingerprint density at radius 3 is 2.41 bits per heavy atom. The monoisotopic (exact) mass is 394 g/mol. The average Bonchev–Trinajstić information content (AvgIpc) is 2.91. The Labute approximate surface area is 155 Å². The van der Waals surface area contributed by atoms with Gasteiger partial charge in [0, 0.05) is 5.56 Å². The fourth-order valence-corrected chi connectivity index (χ4v) is 3.47. The minimum Gasteiger partial charge on any atom is -0.480 e. The van der Waals surface area contributed by atoms with Gasteiger partial charge in [-0.3, -0.25) is 9.59 Å². The third-order valence-corrected chi connectivity index (χ3v) is 4.86. The lowest BCUT2D eigenvalue weighted by molar-refractivity contribution is -0.138. The lowest BCUT2D eigenvalue weighted by Crippen LogP contribution is -2.21. The number of aromatic nitrogens is 1. The predicted octanol–water partition coefficient (Wildman–Crippen LogP) is 3.86. The molecule has 0 fully saturated rings. The summed E-state index contributed by atoms with van der Waals surface area (Å²) in [7, 11) is 0. The van der Waals surface area contributed by atoms with Crippen LogP contribution in [0.15, 0.2) is 47.5 Å². The summed E-state index contributed by atoms with van der Waals surface area (Å²) in [6.45, 7) is 1.25. The Morgan fingerprint density at radius 2 is 1.81 bits per heavy atom. The highest BCUT2D eigenvalue weighted by molar-refractivity contribution is 7.16. The normalized spacial score (nSPS) is 12.5. The number of halogens is 3. The largest absolute Gasteiger partial charge is 0.480 e. The number of aliphatic carboxylic acids is 1. The summed E-state index contributed by atoms with van der Waals surface area (Å²) in [4.78, 5) is 27.5. The first-order valence-corrected chi connectivity index (χ1v) is 8.55. The predicted molar refractivity (Wildman–Crippen MR) is 93.5 cm³/mol. The van der Waals surface area contributed by atoms with Crippen LogP contribution in [0.1, 0.15) is 21.5 Å². The van der Waals surface area contributed by atoms with Gasteiger partial charge in [0.1, 0.15) is 6.54 Å². The van der Waals surface area contributed by atoms with E-state index >= 15 is 0 Å². The van der Waals surface area contributed by atoms with Crippen molar-refractivity contribution >= 4 is 33.4 Å². The van der Waals surface area contributed by atoms with Crippen molar-refractivity contribution in [1.29, 1.82) is 0 Å². The van der Waals surface area contributed by atoms with E-state index in [-0.39, 0.29) is 10.3 Å². The number of hydrogen-bond acceptors (Lipinski definition) is 3. The summed E-state index contributed by atoms with van der Waals surface area (Å²) in [5, 5.41) is 9.12. The molecule has 140 valence electrons. The molecule has 3 rings (SSSR count). The third kappa shape index (κ3) is 4.08. The summed E-state index contributed by atoms with van der Waals surface area (Å²) >= 11 is 0.956. The fraction of sp³-hybridized carbons (Fsp3) is 0.167. The first kappa shape index (κ1) is 18.8. The van der Waals surface area contributed by atoms with E-state index < -0.39 is 30.2 Å². The van der Waals surface area contributed by atoms with Gasteiger partial charge in [0.2, 0.25) is 0 Å². The molecule has 2 aromatic carbocycles. The van der Waals surface area contributed by atoms with Gasteiger partial charge in [0.15, 0.2) is 4.80 Å². The zero-order valence-corrected chi connectivity index (χ0v) is 14.8. The number of carbonyl (C=O) groups excluding carboxylic acids is 1. The van der Waals surface area contributed by atoms with E-state index in [2.05, 4.69) is 4.99 Å². The number of carboxylic acid groups (broad SMARTS) is 1. The highest BCUT2D eigenvalue weighted by Gasteiger charge is 2.31. The molecule has 1 N–H and O–H groups in total. The van der Waals surface area contributed by atoms with Gasteiger partial charge in [0.05, 0.1) is 15.8 Å². The molecule has 0 aliphatic heterocycles. The SMILES string of the molecule is Cc1ccc(C(=O)/N=c2\sc3ccc(C(F)(F)F)cc3n2CC(=O)O)cc1. The first-order chi connectivity index (χ1) is 12.6. The first-order valence-electron chi connectivity index (χ1n) is 7.73. The Morgan fingerprint density at radius 1 is 1.15 bits per heavy atom. The Balaban J connectivity index is 2.17. The van der Waals surface area contributed by atoms with Crippen molar-refractivity contribution in [1.82, 2.24) is 4.57 Å². The molecule has 1 heterocycles. The molecule has 9 heteroatoms. The zero-order chi connectivity index (χ0) is 19.8. The molecular weight excluding hydrogens is 381 g/mol. The summed E-state index contributed by atoms with van der Waals surface area (Å²) in [6, 6.07) is 9.65. The van der Waals surface area contributed by atoms with Crippen molar-refractivity contribution in [3.63, 3.8) is 0 Å². The van der Waals surface area contributed by atoms with Crippen LogP contribution in [0, 0.1) is 6.92 Å². The van der Waals surface area contributed by atoms with Crippen LogP contribution in [0.5, 0.6) is 0 Å². The molecule has 0 saturated carbocycles. The van der Waals surface area contributed by atoms with E-state index in [0.29, 0.717) is 10.3 Å². The zero-order valence-electron chi connectivity index (χ0n) is 13.9. The van der Waals surface area contributed by atoms with Crippen LogP contribution in [-0.4, -0.2) is 21.6 Å². The standard InChI is InChI=1S/C18H13F3N2O3S/c1-10-2-4-11(5-3-10)16(26)22-17-23(9-15(24)25)13-8-12(18(19,20)21)6-7-14(13)27-17/h2-8H,9H2,1H3,(H,24,25)/b22-17-. The number of hydrogen-bond donors (Lipinski definition) is 1. The number of carboxylic acids is 1. The second-order valence-corrected chi connectivity index (χ2v) is 6.84. The topological polar surface area (TPSA) is 71.7 Å². The summed E-state index contributed by atoms with van der Waals surface area (Å²) in [6.07, 6.45) is -4.56. The number of nitrogens with zero attached hydrogens (tertiary/aromatic N) is 2. The molecular formula is C18H13F3N2O3S. The number of thiazole rings is 1. The Hall–Kier alpha value is -2.94. The van der Waals surface area contributed by atoms with Crippen molar-refractivity contribution in [2.45, 2.75) is 19.6 Å². The molecule has 27 heavy (non-hydrogen) atoms. The van der Waals surface area contributed by atoms with Crippen LogP contribution >= 0.6 is 11.3 Å². The summed E-state index contributed by atoms with van der Waals surface area (Å²) in [5.41, 5.74) is 0.418. The number of benzene rings is 2. The van der Waals surface area contributed by atoms with Crippen molar-refractivity contribution in [3.05, 3.63) is 64.0 Å². The third-order valence-electron chi connectivity index (χ3n) is 3.80. The molecule has 0 bridgehead atoms. The lowest BCUT2D eigenvalue weighted by Gasteiger charge is -2.07. The van der Waals surface area contributed by atoms with Crippen LogP contribution in [0.4, 0.5) is 13.2 Å². The van der Waals surface area contributed by atoms with Gasteiger partial charge in [-0.1, -0.05) is 29.0 Å². The molecule has 1 aromatic heterocycles. The van der Waals surface area contributed by atoms with Gasteiger partial charge in [-0.15, -0.1) is 0 Å². The number of aryl methyl sites for hydroxylation is 1. The molecule has 5 nitrogen and oxygen atoms in total. The lowest BCUT2D eigenvalue weighted by atomic mass is 10.1. The van der Waals surface area contributed by atoms with E-state index in [1.54, 1.807) is 24.3 Å². The maximum Gasteiger partial charge on any atom is 0.416 e. The van der Waals surface area contributed by atoms with Crippen LogP contribution in [-0.2, 0) is 17.5 Å². The molecule has 0 unspecified atom stereocenters. The van der Waals surface area contributed by atoms with Crippen LogP contribution in [0.3, 0.4) is 0 Å². The van der Waals surface area contributed by atoms with Gasteiger partial charge in [-0.05, 0) is 37.3 Å². The second kappa shape index (κ2) is 6.99. The molecule has 0 aliphatic carbocycles. The van der Waals surface area contributed by atoms with E-state index in [1.807, 2.05) is 6.92 Å². The van der Waals surface area contributed by atoms with E-state index in [9.17, 15) is 22.8 Å². The van der Waals surface area contributed by atoms with Crippen molar-refractivity contribution in [2.24, 2.45) is 4.99 Å². The van der Waals surface area contributed by atoms with Gasteiger partial charge >= 0.3 is 12.1 Å². The maximum absolute atomic E-state index is 13.0. The number of amides is 1. The molecule has 0 saturated heterocycles. The van der Waals surface area contributed by atoms with Crippen molar-refractivity contribution in [3.8, 4) is 0 Å². The van der Waals surface area contributed by atoms with E-state index in [0.717, 1.165) is 33.6 Å². The molecule has 1 amide bonds. The molecule has 0 atom stereocenters. The van der Waals surface area contributed by atoms with E-state index in [1.165, 1.54) is 6.07 Å². The summed E-state index contributed by atoms with van der Waals surface area (Å²) in [5.74, 6) is -1.85. The van der Waals surface area contributed by atoms with E-state index in [4.69, 9.17) is 5.11 Å². The quantitative estimate of drug-likeness (QED) is 0.733. The van der Waals surface area contributed by atoms with Gasteiger partial charge < -0.3 is 9.67 Å². The second-order valence-electron chi connectivity index (χ2n) is 5.83. The smallest absolute Gasteiger partial charge is 0.416 e. The number of fused-ring (bicyclic) bond motifs is 1. The molecule has 0 aliphatic rings. The minimum atomic E-state index is -4.56. The van der Waals surface area contributed by atoms with Crippen LogP contribution in [0.25, 0.3) is 10.2 Å². The van der Waals surface area contributed by atoms with Gasteiger partial charge in [-0.25, -0.2) is 0 Å². The molecule has 0 radical (unpaired) electrons. The maximum atomic E-state index is 13.0. The highest BCUT2D eigenvalue weighted by Crippen LogP contribution is 2.32. The summed E-state index contributed by atoms with van der Waals surface area (Å²) < 4.78 is 40.4. The fourth-order valence-electron chi connectivity index (χ4n) is 2.47. The van der Waals surface area contributed by atoms with Gasteiger partial charge in [-0.2, -0.15) is 18.2 Å². The van der Waals surface area contributed by atoms with Gasteiger partial charge in [0.25, 0.3) is 5.91 Å². The average molecular weight is 394 g/mol. The van der Waals surface area contributed by atoms with Crippen molar-refractivity contribution < 1.29 is 27.9 Å². The minimum absolute atomic E-state index is 0.0253. The Bertz CT molecular complexity index is 1100. The number of carbonyl (C=O) groups is 2. The number of alkyl halides is 3. The van der Waals surface area contributed by atoms with Crippen molar-refractivity contribution in [2.75, 3.05) is 0 Å². The van der Waals surface area contributed by atoms with Crippen LogP contribution < -0.4 is 4.80 Å². The highest BCUT2D eigenvalue weighted by atomic mass is 32.1. The molecule has 0 spiro atoms.